The van der Waals surface area contributed by atoms with E-state index in [-0.39, 0.29) is 5.60 Å². The van der Waals surface area contributed by atoms with Crippen LogP contribution in [0.1, 0.15) is 50.8 Å². The number of hydrogen-bond donors (Lipinski definition) is 1. The molecule has 1 N–H and O–H groups in total. The highest BCUT2D eigenvalue weighted by molar-refractivity contribution is 5.80. The van der Waals surface area contributed by atoms with Gasteiger partial charge in [-0.25, -0.2) is 9.97 Å². The standard InChI is InChI=1S/C22H28N4O/c1-22(2,3)27-20-8-4-6-17(25-20)15-26-12-9-16(10-13-26)19-14-24-21-18(19)7-5-11-23-21/h4-8,11,14,16H,9-10,12-13,15H2,1-3H3,(H,23,24). The van der Waals surface area contributed by atoms with Crippen LogP contribution in [-0.4, -0.2) is 38.5 Å². The average molecular weight is 364 g/mol. The van der Waals surface area contributed by atoms with Gasteiger partial charge in [0.05, 0.1) is 5.69 Å². The predicted molar refractivity (Wildman–Crippen MR) is 108 cm³/mol. The maximum Gasteiger partial charge on any atom is 0.213 e. The first-order valence-electron chi connectivity index (χ1n) is 9.77. The molecule has 1 aliphatic heterocycles. The number of aromatic amines is 1. The molecule has 0 atom stereocenters. The van der Waals surface area contributed by atoms with Crippen molar-refractivity contribution in [3.63, 3.8) is 0 Å². The Morgan fingerprint density at radius 1 is 1.15 bits per heavy atom. The van der Waals surface area contributed by atoms with E-state index in [0.717, 1.165) is 31.0 Å². The topological polar surface area (TPSA) is 54.0 Å². The van der Waals surface area contributed by atoms with Crippen molar-refractivity contribution < 1.29 is 4.74 Å². The number of rotatable bonds is 4. The molecule has 0 radical (unpaired) electrons. The molecule has 0 aromatic carbocycles. The molecule has 0 unspecified atom stereocenters. The van der Waals surface area contributed by atoms with Crippen molar-refractivity contribution in [3.05, 3.63) is 54.0 Å². The number of pyridine rings is 2. The maximum atomic E-state index is 5.90. The van der Waals surface area contributed by atoms with E-state index in [0.29, 0.717) is 11.8 Å². The number of likely N-dealkylation sites (tertiary alicyclic amines) is 1. The van der Waals surface area contributed by atoms with Crippen LogP contribution in [0, 0.1) is 0 Å². The zero-order valence-electron chi connectivity index (χ0n) is 16.4. The van der Waals surface area contributed by atoms with Crippen molar-refractivity contribution in [1.82, 2.24) is 19.9 Å². The fraction of sp³-hybridized carbons (Fsp3) is 0.455. The number of nitrogens with zero attached hydrogens (tertiary/aromatic N) is 3. The summed E-state index contributed by atoms with van der Waals surface area (Å²) in [5, 5.41) is 1.27. The molecular formula is C22H28N4O. The van der Waals surface area contributed by atoms with E-state index < -0.39 is 0 Å². The van der Waals surface area contributed by atoms with Crippen LogP contribution < -0.4 is 4.74 Å². The molecular weight excluding hydrogens is 336 g/mol. The second-order valence-corrected chi connectivity index (χ2v) is 8.38. The Kier molecular flexibility index (Phi) is 4.87. The van der Waals surface area contributed by atoms with E-state index in [9.17, 15) is 0 Å². The summed E-state index contributed by atoms with van der Waals surface area (Å²) in [5.74, 6) is 1.31. The normalized spacial score (nSPS) is 16.7. The lowest BCUT2D eigenvalue weighted by Gasteiger charge is -2.31. The molecule has 0 saturated carbocycles. The van der Waals surface area contributed by atoms with Crippen molar-refractivity contribution in [2.45, 2.75) is 51.7 Å². The van der Waals surface area contributed by atoms with Crippen molar-refractivity contribution in [1.29, 1.82) is 0 Å². The average Bonchev–Trinajstić information content (AvgIpc) is 3.05. The van der Waals surface area contributed by atoms with Gasteiger partial charge in [-0.1, -0.05) is 6.07 Å². The summed E-state index contributed by atoms with van der Waals surface area (Å²) in [4.78, 5) is 14.9. The van der Waals surface area contributed by atoms with Crippen LogP contribution in [0.5, 0.6) is 5.88 Å². The highest BCUT2D eigenvalue weighted by Gasteiger charge is 2.23. The van der Waals surface area contributed by atoms with E-state index in [2.05, 4.69) is 38.2 Å². The summed E-state index contributed by atoms with van der Waals surface area (Å²) in [7, 11) is 0. The van der Waals surface area contributed by atoms with E-state index in [1.165, 1.54) is 23.8 Å². The Hall–Kier alpha value is -2.40. The fourth-order valence-corrected chi connectivity index (χ4v) is 3.86. The number of piperidine rings is 1. The van der Waals surface area contributed by atoms with Crippen LogP contribution in [-0.2, 0) is 6.54 Å². The summed E-state index contributed by atoms with van der Waals surface area (Å²) in [5.41, 5.74) is 3.26. The van der Waals surface area contributed by atoms with Gasteiger partial charge in [-0.15, -0.1) is 0 Å². The number of aromatic nitrogens is 3. The van der Waals surface area contributed by atoms with Crippen LogP contribution >= 0.6 is 0 Å². The molecule has 5 nitrogen and oxygen atoms in total. The van der Waals surface area contributed by atoms with Crippen LogP contribution in [0.15, 0.2) is 42.7 Å². The van der Waals surface area contributed by atoms with Crippen molar-refractivity contribution in [3.8, 4) is 5.88 Å². The molecule has 0 spiro atoms. The third-order valence-corrected chi connectivity index (χ3v) is 5.09. The molecule has 1 saturated heterocycles. The molecule has 0 amide bonds. The third-order valence-electron chi connectivity index (χ3n) is 5.09. The van der Waals surface area contributed by atoms with E-state index in [4.69, 9.17) is 4.74 Å². The van der Waals surface area contributed by atoms with Gasteiger partial charge in [0, 0.05) is 30.4 Å². The molecule has 4 heterocycles. The molecule has 1 fully saturated rings. The number of nitrogens with one attached hydrogen (secondary N) is 1. The molecule has 0 aliphatic carbocycles. The molecule has 3 aromatic rings. The first-order chi connectivity index (χ1) is 13.0. The second kappa shape index (κ2) is 7.31. The molecule has 0 bridgehead atoms. The Labute approximate surface area is 160 Å². The molecule has 1 aliphatic rings. The number of fused-ring (bicyclic) bond motifs is 1. The van der Waals surface area contributed by atoms with Gasteiger partial charge in [-0.2, -0.15) is 0 Å². The maximum absolute atomic E-state index is 5.90. The molecule has 27 heavy (non-hydrogen) atoms. The number of H-pyrrole nitrogens is 1. The van der Waals surface area contributed by atoms with Gasteiger partial charge in [0.1, 0.15) is 11.2 Å². The summed E-state index contributed by atoms with van der Waals surface area (Å²) in [6.45, 7) is 9.20. The monoisotopic (exact) mass is 364 g/mol. The third kappa shape index (κ3) is 4.30. The van der Waals surface area contributed by atoms with E-state index >= 15 is 0 Å². The quantitative estimate of drug-likeness (QED) is 0.740. The minimum Gasteiger partial charge on any atom is -0.472 e. The Morgan fingerprint density at radius 3 is 2.74 bits per heavy atom. The largest absolute Gasteiger partial charge is 0.472 e. The SMILES string of the molecule is CC(C)(C)Oc1cccc(CN2CCC(c3c[nH]c4ncccc34)CC2)n1. The summed E-state index contributed by atoms with van der Waals surface area (Å²) < 4.78 is 5.90. The van der Waals surface area contributed by atoms with E-state index in [1.807, 2.05) is 45.2 Å². The van der Waals surface area contributed by atoms with Crippen LogP contribution in [0.25, 0.3) is 11.0 Å². The lowest BCUT2D eigenvalue weighted by atomic mass is 9.89. The van der Waals surface area contributed by atoms with E-state index in [1.54, 1.807) is 0 Å². The van der Waals surface area contributed by atoms with Crippen LogP contribution in [0.4, 0.5) is 0 Å². The molecule has 4 rings (SSSR count). The van der Waals surface area contributed by atoms with Crippen molar-refractivity contribution in [2.24, 2.45) is 0 Å². The highest BCUT2D eigenvalue weighted by atomic mass is 16.5. The first kappa shape index (κ1) is 18.0. The Morgan fingerprint density at radius 2 is 1.96 bits per heavy atom. The Balaban J connectivity index is 1.38. The van der Waals surface area contributed by atoms with Crippen molar-refractivity contribution in [2.75, 3.05) is 13.1 Å². The minimum absolute atomic E-state index is 0.224. The molecule has 3 aromatic heterocycles. The lowest BCUT2D eigenvalue weighted by molar-refractivity contribution is 0.123. The smallest absolute Gasteiger partial charge is 0.213 e. The number of hydrogen-bond acceptors (Lipinski definition) is 4. The lowest BCUT2D eigenvalue weighted by Crippen LogP contribution is -2.32. The van der Waals surface area contributed by atoms with Crippen LogP contribution in [0.3, 0.4) is 0 Å². The summed E-state index contributed by atoms with van der Waals surface area (Å²) >= 11 is 0. The number of ether oxygens (including phenoxy) is 1. The highest BCUT2D eigenvalue weighted by Crippen LogP contribution is 2.32. The zero-order valence-corrected chi connectivity index (χ0v) is 16.4. The Bertz CT molecular complexity index is 904. The van der Waals surface area contributed by atoms with Gasteiger partial charge in [0.25, 0.3) is 0 Å². The van der Waals surface area contributed by atoms with Crippen molar-refractivity contribution >= 4 is 11.0 Å². The van der Waals surface area contributed by atoms with Gasteiger partial charge in [-0.05, 0) is 76.4 Å². The first-order valence-corrected chi connectivity index (χ1v) is 9.77. The van der Waals surface area contributed by atoms with Crippen LogP contribution in [0.2, 0.25) is 0 Å². The summed E-state index contributed by atoms with van der Waals surface area (Å²) in [6, 6.07) is 10.3. The molecule has 142 valence electrons. The van der Waals surface area contributed by atoms with Gasteiger partial charge in [0.2, 0.25) is 5.88 Å². The van der Waals surface area contributed by atoms with Gasteiger partial charge in [-0.3, -0.25) is 4.90 Å². The van der Waals surface area contributed by atoms with Gasteiger partial charge in [0.15, 0.2) is 0 Å². The van der Waals surface area contributed by atoms with Gasteiger partial charge < -0.3 is 9.72 Å². The second-order valence-electron chi connectivity index (χ2n) is 8.38. The fourth-order valence-electron chi connectivity index (χ4n) is 3.86. The predicted octanol–water partition coefficient (Wildman–Crippen LogP) is 4.51. The molecule has 5 heteroatoms. The zero-order chi connectivity index (χ0) is 18.9. The summed E-state index contributed by atoms with van der Waals surface area (Å²) in [6.07, 6.45) is 6.32. The minimum atomic E-state index is -0.224. The van der Waals surface area contributed by atoms with Gasteiger partial charge >= 0.3 is 0 Å².